The van der Waals surface area contributed by atoms with Crippen LogP contribution in [0.1, 0.15) is 21.5 Å². The van der Waals surface area contributed by atoms with E-state index in [-0.39, 0.29) is 5.56 Å². The molecule has 134 valence electrons. The van der Waals surface area contributed by atoms with Crippen LogP contribution in [0.5, 0.6) is 0 Å². The average Bonchev–Trinajstić information content (AvgIpc) is 3.10. The summed E-state index contributed by atoms with van der Waals surface area (Å²) >= 11 is 1.46. The lowest BCUT2D eigenvalue weighted by molar-refractivity contribution is 0.0697. The fourth-order valence-electron chi connectivity index (χ4n) is 2.82. The predicted molar refractivity (Wildman–Crippen MR) is 108 cm³/mol. The first-order valence-corrected chi connectivity index (χ1v) is 9.30. The number of hydrogen-bond acceptors (Lipinski definition) is 5. The van der Waals surface area contributed by atoms with Crippen molar-refractivity contribution in [3.8, 4) is 10.6 Å². The lowest BCUT2D eigenvalue weighted by Crippen LogP contribution is -2.01. The van der Waals surface area contributed by atoms with E-state index in [0.717, 1.165) is 26.6 Å². The van der Waals surface area contributed by atoms with Gasteiger partial charge in [-0.3, -0.25) is 0 Å². The lowest BCUT2D eigenvalue weighted by atomic mass is 10.1. The van der Waals surface area contributed by atoms with Crippen molar-refractivity contribution in [3.63, 3.8) is 0 Å². The lowest BCUT2D eigenvalue weighted by Gasteiger charge is -2.06. The molecule has 2 aromatic heterocycles. The van der Waals surface area contributed by atoms with Crippen molar-refractivity contribution in [2.24, 2.45) is 0 Å². The number of carbonyl (C=O) groups is 1. The topological polar surface area (TPSA) is 75.1 Å². The zero-order valence-corrected chi connectivity index (χ0v) is 15.5. The summed E-state index contributed by atoms with van der Waals surface area (Å²) in [5.74, 6) is -0.132. The third-order valence-corrected chi connectivity index (χ3v) is 5.27. The number of rotatable bonds is 5. The molecule has 4 aromatic rings. The van der Waals surface area contributed by atoms with E-state index in [1.807, 2.05) is 18.2 Å². The normalized spacial score (nSPS) is 10.9. The van der Waals surface area contributed by atoms with E-state index in [1.165, 1.54) is 22.5 Å². The minimum absolute atomic E-state index is 0.270. The van der Waals surface area contributed by atoms with Crippen LogP contribution in [0, 0.1) is 6.92 Å². The highest BCUT2D eigenvalue weighted by Gasteiger charge is 2.10. The Morgan fingerprint density at radius 3 is 2.78 bits per heavy atom. The molecule has 5 nitrogen and oxygen atoms in total. The van der Waals surface area contributed by atoms with Gasteiger partial charge in [0.15, 0.2) is 0 Å². The molecule has 0 radical (unpaired) electrons. The monoisotopic (exact) mass is 375 g/mol. The van der Waals surface area contributed by atoms with Gasteiger partial charge in [-0.2, -0.15) is 0 Å². The maximum atomic E-state index is 11.1. The Labute approximate surface area is 160 Å². The number of carboxylic acids is 1. The number of anilines is 1. The fourth-order valence-corrected chi connectivity index (χ4v) is 3.82. The fraction of sp³-hybridized carbons (Fsp3) is 0.0952. The van der Waals surface area contributed by atoms with E-state index in [2.05, 4.69) is 40.4 Å². The van der Waals surface area contributed by atoms with E-state index in [0.29, 0.717) is 6.54 Å². The standard InChI is InChI=1S/C21H17N3O2S/c1-13-3-2-4-14(9-13)11-22-19-8-6-16(12-23-19)20-24-17-7-5-15(21(25)26)10-18(17)27-20/h2-10,12H,11H2,1H3,(H,22,23)(H,25,26). The molecule has 2 aromatic carbocycles. The van der Waals surface area contributed by atoms with Crippen LogP contribution < -0.4 is 5.32 Å². The van der Waals surface area contributed by atoms with E-state index >= 15 is 0 Å². The minimum Gasteiger partial charge on any atom is -0.478 e. The Kier molecular flexibility index (Phi) is 4.56. The highest BCUT2D eigenvalue weighted by molar-refractivity contribution is 7.21. The number of thiazole rings is 1. The summed E-state index contributed by atoms with van der Waals surface area (Å²) in [7, 11) is 0. The van der Waals surface area contributed by atoms with Crippen LogP contribution in [0.25, 0.3) is 20.8 Å². The van der Waals surface area contributed by atoms with Gasteiger partial charge in [-0.15, -0.1) is 11.3 Å². The SMILES string of the molecule is Cc1cccc(CNc2ccc(-c3nc4ccc(C(=O)O)cc4s3)cn2)c1. The van der Waals surface area contributed by atoms with Gasteiger partial charge in [0.05, 0.1) is 15.8 Å². The van der Waals surface area contributed by atoms with Gasteiger partial charge < -0.3 is 10.4 Å². The zero-order valence-electron chi connectivity index (χ0n) is 14.6. The minimum atomic E-state index is -0.933. The van der Waals surface area contributed by atoms with Crippen molar-refractivity contribution in [1.82, 2.24) is 9.97 Å². The van der Waals surface area contributed by atoms with Crippen molar-refractivity contribution in [3.05, 3.63) is 77.5 Å². The molecule has 0 bridgehead atoms. The Balaban J connectivity index is 1.51. The molecular formula is C21H17N3O2S. The highest BCUT2D eigenvalue weighted by atomic mass is 32.1. The summed E-state index contributed by atoms with van der Waals surface area (Å²) in [6.45, 7) is 2.79. The molecule has 0 aliphatic carbocycles. The number of aryl methyl sites for hydroxylation is 1. The van der Waals surface area contributed by atoms with Crippen LogP contribution in [0.3, 0.4) is 0 Å². The van der Waals surface area contributed by atoms with Gasteiger partial charge >= 0.3 is 5.97 Å². The first kappa shape index (κ1) is 17.2. The van der Waals surface area contributed by atoms with E-state index < -0.39 is 5.97 Å². The van der Waals surface area contributed by atoms with Gasteiger partial charge in [0.2, 0.25) is 0 Å². The summed E-state index contributed by atoms with van der Waals surface area (Å²) in [4.78, 5) is 20.2. The number of hydrogen-bond donors (Lipinski definition) is 2. The number of carboxylic acid groups (broad SMARTS) is 1. The molecule has 0 fully saturated rings. The van der Waals surface area contributed by atoms with E-state index in [1.54, 1.807) is 24.4 Å². The van der Waals surface area contributed by atoms with Crippen molar-refractivity contribution >= 4 is 33.3 Å². The van der Waals surface area contributed by atoms with Crippen LogP contribution in [-0.4, -0.2) is 21.0 Å². The van der Waals surface area contributed by atoms with Crippen LogP contribution in [0.4, 0.5) is 5.82 Å². The van der Waals surface area contributed by atoms with Crippen molar-refractivity contribution < 1.29 is 9.90 Å². The van der Waals surface area contributed by atoms with Crippen molar-refractivity contribution in [2.45, 2.75) is 13.5 Å². The maximum Gasteiger partial charge on any atom is 0.335 e. The van der Waals surface area contributed by atoms with Gasteiger partial charge in [-0.05, 0) is 42.8 Å². The van der Waals surface area contributed by atoms with Gasteiger partial charge in [0.25, 0.3) is 0 Å². The zero-order chi connectivity index (χ0) is 18.8. The Morgan fingerprint density at radius 2 is 2.04 bits per heavy atom. The van der Waals surface area contributed by atoms with Crippen molar-refractivity contribution in [1.29, 1.82) is 0 Å². The number of aromatic nitrogens is 2. The molecule has 4 rings (SSSR count). The molecule has 2 heterocycles. The Morgan fingerprint density at radius 1 is 1.15 bits per heavy atom. The molecule has 0 saturated carbocycles. The molecule has 0 spiro atoms. The average molecular weight is 375 g/mol. The van der Waals surface area contributed by atoms with Crippen molar-refractivity contribution in [2.75, 3.05) is 5.32 Å². The first-order chi connectivity index (χ1) is 13.1. The summed E-state index contributed by atoms with van der Waals surface area (Å²) in [6, 6.07) is 17.2. The maximum absolute atomic E-state index is 11.1. The molecule has 0 aliphatic heterocycles. The molecule has 6 heteroatoms. The number of fused-ring (bicyclic) bond motifs is 1. The van der Waals surface area contributed by atoms with E-state index in [4.69, 9.17) is 5.11 Å². The molecule has 0 amide bonds. The number of nitrogens with zero attached hydrogens (tertiary/aromatic N) is 2. The number of pyridine rings is 1. The first-order valence-electron chi connectivity index (χ1n) is 8.48. The molecular weight excluding hydrogens is 358 g/mol. The van der Waals surface area contributed by atoms with Crippen LogP contribution in [0.2, 0.25) is 0 Å². The van der Waals surface area contributed by atoms with E-state index in [9.17, 15) is 4.79 Å². The second-order valence-electron chi connectivity index (χ2n) is 6.28. The van der Waals surface area contributed by atoms with Gasteiger partial charge in [-0.1, -0.05) is 29.8 Å². The smallest absolute Gasteiger partial charge is 0.335 e. The van der Waals surface area contributed by atoms with Gasteiger partial charge in [0.1, 0.15) is 10.8 Å². The second kappa shape index (κ2) is 7.17. The Hall–Kier alpha value is -3.25. The van der Waals surface area contributed by atoms with Gasteiger partial charge in [0, 0.05) is 18.3 Å². The predicted octanol–water partition coefficient (Wildman–Crippen LogP) is 4.98. The number of benzene rings is 2. The molecule has 0 atom stereocenters. The quantitative estimate of drug-likeness (QED) is 0.515. The van der Waals surface area contributed by atoms with Gasteiger partial charge in [-0.25, -0.2) is 14.8 Å². The Bertz CT molecular complexity index is 1120. The summed E-state index contributed by atoms with van der Waals surface area (Å²) in [6.07, 6.45) is 1.79. The molecule has 2 N–H and O–H groups in total. The summed E-state index contributed by atoms with van der Waals surface area (Å²) in [5.41, 5.74) is 4.42. The molecule has 27 heavy (non-hydrogen) atoms. The molecule has 0 unspecified atom stereocenters. The molecule has 0 aliphatic rings. The molecule has 0 saturated heterocycles. The largest absolute Gasteiger partial charge is 0.478 e. The summed E-state index contributed by atoms with van der Waals surface area (Å²) < 4.78 is 0.853. The van der Waals surface area contributed by atoms with Crippen LogP contribution >= 0.6 is 11.3 Å². The third-order valence-electron chi connectivity index (χ3n) is 4.20. The van der Waals surface area contributed by atoms with Crippen LogP contribution in [0.15, 0.2) is 60.8 Å². The van der Waals surface area contributed by atoms with Crippen LogP contribution in [-0.2, 0) is 6.54 Å². The number of nitrogens with one attached hydrogen (secondary N) is 1. The third kappa shape index (κ3) is 3.80. The highest BCUT2D eigenvalue weighted by Crippen LogP contribution is 2.30. The number of aromatic carboxylic acids is 1. The summed E-state index contributed by atoms with van der Waals surface area (Å²) in [5, 5.41) is 13.3. The second-order valence-corrected chi connectivity index (χ2v) is 7.31.